The van der Waals surface area contributed by atoms with Crippen LogP contribution in [0.25, 0.3) is 33.4 Å². The standard InChI is InChI=1S/C29H30N4O4.C23H24N4O2.C22H22N4O3.C5H6BNO2/c1-20(2)33(16-17-34)29(36)26-27(37-19-21-8-4-3-5-9-21)28(35)32-25(31-26)18-23-10-6-7-11-24(23)22-12-14-30-15-13-22;1-15(2)26-12-13-27-20(25-22(28)16(3)21(27)23(26)29)14-18-6-4-5-7-19(18)17-8-10-24-11-9-17;1-14(2)25-11-12-26-18(24-21(28)20(27)19(26)22(25)29)13-16-5-3-4-6-17(16)15-7-9-23-10-8-15;8-6(9)5-1-3-7-4-2-5/h3-15,20,34H,16-19H2,1-2H3,(H,31,32,35);4-11,15H,12-14H2,1-3H3;3-10,14,27H,11-13H2,1-2H3;1-4,8-9H. The van der Waals surface area contributed by atoms with E-state index in [-0.39, 0.29) is 72.4 Å². The molecule has 3 amide bonds. The van der Waals surface area contributed by atoms with Crippen molar-refractivity contribution in [3.8, 4) is 44.9 Å². The number of carbonyl (C=O) groups is 3. The highest BCUT2D eigenvalue weighted by Crippen LogP contribution is 2.31. The third-order valence-electron chi connectivity index (χ3n) is 17.7. The average Bonchev–Trinajstić information content (AvgIpc) is 0.769. The Morgan fingerprint density at radius 1 is 0.538 bits per heavy atom. The van der Waals surface area contributed by atoms with Crippen molar-refractivity contribution in [3.05, 3.63) is 295 Å². The number of carbonyl (C=O) groups excluding carboxylic acids is 3. The summed E-state index contributed by atoms with van der Waals surface area (Å²) in [7, 11) is -1.38. The van der Waals surface area contributed by atoms with Crippen LogP contribution in [0.2, 0.25) is 0 Å². The molecule has 0 saturated heterocycles. The number of benzene rings is 4. The van der Waals surface area contributed by atoms with Gasteiger partial charge >= 0.3 is 12.7 Å². The number of hydrogen-bond acceptors (Lipinski definition) is 18. The van der Waals surface area contributed by atoms with Gasteiger partial charge in [0.05, 0.1) is 6.61 Å². The highest BCUT2D eigenvalue weighted by Gasteiger charge is 2.34. The summed E-state index contributed by atoms with van der Waals surface area (Å²) in [6.45, 7) is 15.5. The maximum Gasteiger partial charge on any atom is 0.488 e. The Morgan fingerprint density at radius 3 is 1.40 bits per heavy atom. The van der Waals surface area contributed by atoms with Crippen molar-refractivity contribution in [2.75, 3.05) is 26.2 Å². The van der Waals surface area contributed by atoms with E-state index in [4.69, 9.17) is 14.8 Å². The number of aromatic amines is 1. The number of rotatable bonds is 19. The van der Waals surface area contributed by atoms with Crippen molar-refractivity contribution in [2.45, 2.75) is 106 Å². The monoisotopic (exact) mass is 1400 g/mol. The van der Waals surface area contributed by atoms with Gasteiger partial charge in [0.15, 0.2) is 11.4 Å². The van der Waals surface area contributed by atoms with Gasteiger partial charge in [-0.25, -0.2) is 4.98 Å². The Kier molecular flexibility index (Phi) is 25.2. The molecule has 13 rings (SSSR count). The molecule has 4 aromatic carbocycles. The number of fused-ring (bicyclic) bond motifs is 2. The van der Waals surface area contributed by atoms with E-state index >= 15 is 0 Å². The predicted octanol–water partition coefficient (Wildman–Crippen LogP) is 8.14. The molecule has 0 saturated carbocycles. The van der Waals surface area contributed by atoms with Gasteiger partial charge in [0.1, 0.15) is 29.8 Å². The van der Waals surface area contributed by atoms with Crippen LogP contribution >= 0.6 is 0 Å². The minimum Gasteiger partial charge on any atom is -0.501 e. The molecule has 0 unspecified atom stereocenters. The zero-order valence-electron chi connectivity index (χ0n) is 58.9. The van der Waals surface area contributed by atoms with E-state index in [1.54, 1.807) is 65.7 Å². The Labute approximate surface area is 601 Å². The number of amides is 3. The molecular weight excluding hydrogens is 1320 g/mol. The van der Waals surface area contributed by atoms with Crippen LogP contribution in [0.1, 0.15) is 118 Å². The summed E-state index contributed by atoms with van der Waals surface area (Å²) >= 11 is 0. The van der Waals surface area contributed by atoms with Crippen LogP contribution in [-0.4, -0.2) is 153 Å². The Bertz CT molecular complexity index is 4770. The van der Waals surface area contributed by atoms with Gasteiger partial charge in [-0.05, 0) is 158 Å². The lowest BCUT2D eigenvalue weighted by Gasteiger charge is -2.34. The SMILES string of the molecule is CC(C)N(CCO)C(=O)c1nc(Cc2ccccc2-c2ccncc2)[nH]c(=O)c1OCc1ccccc1.CC(C)N1CCn2c(Cc3ccccc3-c3ccncc3)nc(=O)c(O)c2C1=O.Cc1c2n(c(Cc3ccccc3-c3ccncc3)nc1=O)CCN(C(C)C)C2=O.OB(O)c1ccncc1. The first-order chi connectivity index (χ1) is 50.2. The number of aliphatic hydroxyl groups excluding tert-OH is 1. The molecular formula is C79H82BN13O11. The van der Waals surface area contributed by atoms with Crippen molar-refractivity contribution in [1.82, 2.24) is 63.7 Å². The number of aliphatic hydroxyl groups is 1. The molecule has 25 heteroatoms. The lowest BCUT2D eigenvalue weighted by Crippen LogP contribution is -2.47. The van der Waals surface area contributed by atoms with E-state index in [0.717, 1.165) is 55.6 Å². The first-order valence-corrected chi connectivity index (χ1v) is 34.2. The molecule has 0 bridgehead atoms. The van der Waals surface area contributed by atoms with Crippen LogP contribution in [0.15, 0.2) is 216 Å². The van der Waals surface area contributed by atoms with Crippen LogP contribution in [0, 0.1) is 6.92 Å². The first-order valence-electron chi connectivity index (χ1n) is 34.2. The third kappa shape index (κ3) is 18.0. The van der Waals surface area contributed by atoms with Gasteiger partial charge in [-0.1, -0.05) is 103 Å². The van der Waals surface area contributed by atoms with E-state index in [0.29, 0.717) is 79.6 Å². The first kappa shape index (κ1) is 74.8. The number of nitrogens with one attached hydrogen (secondary N) is 1. The van der Waals surface area contributed by atoms with Crippen molar-refractivity contribution in [2.24, 2.45) is 0 Å². The number of aromatic hydroxyl groups is 1. The molecule has 24 nitrogen and oxygen atoms in total. The van der Waals surface area contributed by atoms with Gasteiger partial charge < -0.3 is 53.8 Å². The molecule has 0 aliphatic carbocycles. The highest BCUT2D eigenvalue weighted by molar-refractivity contribution is 6.58. The number of nitrogens with zero attached hydrogens (tertiary/aromatic N) is 12. The molecule has 2 aliphatic rings. The molecule has 104 heavy (non-hydrogen) atoms. The largest absolute Gasteiger partial charge is 0.501 e. The Balaban J connectivity index is 0.000000159. The molecule has 5 N–H and O–H groups in total. The van der Waals surface area contributed by atoms with E-state index in [9.17, 15) is 39.0 Å². The number of H-pyrrole nitrogens is 1. The van der Waals surface area contributed by atoms with Crippen molar-refractivity contribution >= 4 is 30.3 Å². The minimum absolute atomic E-state index is 0.0187. The van der Waals surface area contributed by atoms with Crippen molar-refractivity contribution in [1.29, 1.82) is 0 Å². The minimum atomic E-state index is -1.38. The van der Waals surface area contributed by atoms with Crippen LogP contribution < -0.4 is 26.9 Å². The lowest BCUT2D eigenvalue weighted by atomic mass is 9.81. The fourth-order valence-corrected chi connectivity index (χ4v) is 12.4. The number of pyridine rings is 4. The molecule has 7 aromatic heterocycles. The van der Waals surface area contributed by atoms with Gasteiger partial charge in [-0.2, -0.15) is 9.97 Å². The summed E-state index contributed by atoms with van der Waals surface area (Å²) in [6, 6.07) is 47.7. The van der Waals surface area contributed by atoms with Gasteiger partial charge in [0, 0.05) is 125 Å². The molecule has 0 atom stereocenters. The summed E-state index contributed by atoms with van der Waals surface area (Å²) in [5.74, 6) is -0.166. The normalized spacial score (nSPS) is 12.3. The van der Waals surface area contributed by atoms with E-state index < -0.39 is 29.9 Å². The number of ether oxygens (including phenoxy) is 1. The summed E-state index contributed by atoms with van der Waals surface area (Å²) in [5.41, 5.74) is 9.64. The second-order valence-electron chi connectivity index (χ2n) is 25.5. The van der Waals surface area contributed by atoms with Crippen LogP contribution in [0.4, 0.5) is 0 Å². The Morgan fingerprint density at radius 2 is 0.962 bits per heavy atom. The highest BCUT2D eigenvalue weighted by atomic mass is 16.5. The van der Waals surface area contributed by atoms with Gasteiger partial charge in [0.25, 0.3) is 28.8 Å². The van der Waals surface area contributed by atoms with E-state index in [1.165, 1.54) is 17.3 Å². The van der Waals surface area contributed by atoms with Crippen molar-refractivity contribution < 1.29 is 39.4 Å². The second-order valence-corrected chi connectivity index (χ2v) is 25.5. The van der Waals surface area contributed by atoms with Crippen LogP contribution in [0.5, 0.6) is 11.5 Å². The molecule has 0 spiro atoms. The summed E-state index contributed by atoms with van der Waals surface area (Å²) < 4.78 is 9.47. The second kappa shape index (κ2) is 35.1. The summed E-state index contributed by atoms with van der Waals surface area (Å²) in [5, 5.41) is 36.9. The number of hydrogen-bond donors (Lipinski definition) is 5. The lowest BCUT2D eigenvalue weighted by molar-refractivity contribution is 0.0631. The Hall–Kier alpha value is -11.9. The maximum absolute atomic E-state index is 13.6. The average molecular weight is 1400 g/mol. The summed E-state index contributed by atoms with van der Waals surface area (Å²) in [6.07, 6.45) is 14.6. The van der Waals surface area contributed by atoms with Crippen LogP contribution in [-0.2, 0) is 39.0 Å². The smallest absolute Gasteiger partial charge is 0.488 e. The zero-order chi connectivity index (χ0) is 74.0. The van der Waals surface area contributed by atoms with Gasteiger partial charge in [-0.15, -0.1) is 0 Å². The van der Waals surface area contributed by atoms with Gasteiger partial charge in [-0.3, -0.25) is 48.7 Å². The molecule has 9 heterocycles. The van der Waals surface area contributed by atoms with E-state index in [1.807, 2.05) is 184 Å². The maximum atomic E-state index is 13.6. The molecule has 0 radical (unpaired) electrons. The molecule has 2 aliphatic heterocycles. The predicted molar refractivity (Wildman–Crippen MR) is 396 cm³/mol. The van der Waals surface area contributed by atoms with Crippen LogP contribution in [0.3, 0.4) is 0 Å². The third-order valence-corrected chi connectivity index (χ3v) is 17.7. The number of aromatic nitrogens is 10. The topological polar surface area (TPSA) is 318 Å². The van der Waals surface area contributed by atoms with E-state index in [2.05, 4.69) is 45.9 Å². The fraction of sp³-hybridized carbons (Fsp3) is 0.253. The summed E-state index contributed by atoms with van der Waals surface area (Å²) in [4.78, 5) is 114. The van der Waals surface area contributed by atoms with Crippen molar-refractivity contribution in [3.63, 3.8) is 0 Å². The zero-order valence-corrected chi connectivity index (χ0v) is 58.9. The fourth-order valence-electron chi connectivity index (χ4n) is 12.4. The molecule has 0 fully saturated rings. The quantitative estimate of drug-likeness (QED) is 0.0477. The molecule has 11 aromatic rings. The molecule has 532 valence electrons. The van der Waals surface area contributed by atoms with Gasteiger partial charge in [0.2, 0.25) is 11.5 Å².